The largest absolute Gasteiger partial charge is 0.355 e. The molecule has 2 saturated heterocycles. The molecule has 7 nitrogen and oxygen atoms in total. The lowest BCUT2D eigenvalue weighted by molar-refractivity contribution is -0.119. The highest BCUT2D eigenvalue weighted by molar-refractivity contribution is 6.22. The molecule has 4 rings (SSSR count). The van der Waals surface area contributed by atoms with Crippen LogP contribution in [0, 0.1) is 11.3 Å². The Morgan fingerprint density at radius 3 is 2.59 bits per heavy atom. The second-order valence-corrected chi connectivity index (χ2v) is 8.31. The molecule has 3 aliphatic rings. The molecule has 0 aromatic heterocycles. The van der Waals surface area contributed by atoms with Gasteiger partial charge in [-0.15, -0.1) is 0 Å². The summed E-state index contributed by atoms with van der Waals surface area (Å²) in [6.07, 6.45) is 1.25. The fourth-order valence-electron chi connectivity index (χ4n) is 4.29. The zero-order valence-corrected chi connectivity index (χ0v) is 15.6. The van der Waals surface area contributed by atoms with E-state index >= 15 is 0 Å². The zero-order valence-electron chi connectivity index (χ0n) is 15.6. The average molecular weight is 369 g/mol. The first-order valence-corrected chi connectivity index (χ1v) is 9.36. The number of likely N-dealkylation sites (tertiary alicyclic amines) is 1. The van der Waals surface area contributed by atoms with Crippen molar-refractivity contribution in [1.82, 2.24) is 15.1 Å². The number of hydrogen-bond donors (Lipinski definition) is 1. The van der Waals surface area contributed by atoms with Crippen LogP contribution < -0.4 is 5.32 Å². The second kappa shape index (κ2) is 6.18. The number of fused-ring (bicyclic) bond motifs is 1. The number of hydrogen-bond acceptors (Lipinski definition) is 4. The number of nitrogens with one attached hydrogen (secondary N) is 1. The minimum absolute atomic E-state index is 0.0381. The first-order valence-electron chi connectivity index (χ1n) is 9.36. The Balaban J connectivity index is 1.54. The van der Waals surface area contributed by atoms with Crippen LogP contribution in [-0.2, 0) is 4.79 Å². The molecule has 2 fully saturated rings. The SMILES string of the molecule is CC(C)CN1C(=O)c2ccc(C(=O)N3CCC4(CNC(=O)C4)C3)cc2C1=O. The molecular formula is C20H23N3O4. The molecule has 142 valence electrons. The van der Waals surface area contributed by atoms with E-state index in [0.29, 0.717) is 49.3 Å². The summed E-state index contributed by atoms with van der Waals surface area (Å²) in [6.45, 7) is 6.00. The van der Waals surface area contributed by atoms with Crippen molar-refractivity contribution in [3.63, 3.8) is 0 Å². The molecule has 1 aromatic carbocycles. The van der Waals surface area contributed by atoms with Crippen molar-refractivity contribution in [3.8, 4) is 0 Å². The first kappa shape index (κ1) is 17.7. The summed E-state index contributed by atoms with van der Waals surface area (Å²) in [5.41, 5.74) is 0.915. The van der Waals surface area contributed by atoms with Crippen LogP contribution in [0.3, 0.4) is 0 Å². The number of benzene rings is 1. The third-order valence-electron chi connectivity index (χ3n) is 5.69. The fraction of sp³-hybridized carbons (Fsp3) is 0.500. The maximum atomic E-state index is 12.9. The number of carbonyl (C=O) groups is 4. The van der Waals surface area contributed by atoms with Crippen LogP contribution in [-0.4, -0.2) is 59.6 Å². The van der Waals surface area contributed by atoms with Crippen LogP contribution in [0.4, 0.5) is 0 Å². The number of imide groups is 1. The van der Waals surface area contributed by atoms with Gasteiger partial charge in [-0.05, 0) is 30.5 Å². The van der Waals surface area contributed by atoms with Gasteiger partial charge in [0.1, 0.15) is 0 Å². The third-order valence-corrected chi connectivity index (χ3v) is 5.69. The zero-order chi connectivity index (χ0) is 19.3. The van der Waals surface area contributed by atoms with Gasteiger partial charge >= 0.3 is 0 Å². The van der Waals surface area contributed by atoms with Crippen LogP contribution in [0.1, 0.15) is 57.8 Å². The van der Waals surface area contributed by atoms with Crippen molar-refractivity contribution in [2.75, 3.05) is 26.2 Å². The van der Waals surface area contributed by atoms with E-state index < -0.39 is 0 Å². The van der Waals surface area contributed by atoms with Crippen LogP contribution in [0.15, 0.2) is 18.2 Å². The molecule has 0 saturated carbocycles. The summed E-state index contributed by atoms with van der Waals surface area (Å²) >= 11 is 0. The minimum atomic E-state index is -0.332. The van der Waals surface area contributed by atoms with E-state index in [9.17, 15) is 19.2 Å². The molecule has 1 aromatic rings. The summed E-state index contributed by atoms with van der Waals surface area (Å²) in [7, 11) is 0. The first-order chi connectivity index (χ1) is 12.8. The highest BCUT2D eigenvalue weighted by atomic mass is 16.2. The van der Waals surface area contributed by atoms with E-state index in [1.807, 2.05) is 13.8 Å². The number of carbonyl (C=O) groups excluding carboxylic acids is 4. The Bertz CT molecular complexity index is 863. The lowest BCUT2D eigenvalue weighted by atomic mass is 9.86. The Morgan fingerprint density at radius 2 is 1.93 bits per heavy atom. The molecule has 1 N–H and O–H groups in total. The maximum absolute atomic E-state index is 12.9. The molecule has 1 unspecified atom stereocenters. The topological polar surface area (TPSA) is 86.8 Å². The number of amides is 4. The molecular weight excluding hydrogens is 346 g/mol. The van der Waals surface area contributed by atoms with Crippen LogP contribution in [0.5, 0.6) is 0 Å². The summed E-state index contributed by atoms with van der Waals surface area (Å²) in [5.74, 6) is -0.565. The molecule has 7 heteroatoms. The monoisotopic (exact) mass is 369 g/mol. The summed E-state index contributed by atoms with van der Waals surface area (Å²) in [4.78, 5) is 52.6. The summed E-state index contributed by atoms with van der Waals surface area (Å²) in [5, 5.41) is 2.85. The smallest absolute Gasteiger partial charge is 0.261 e. The van der Waals surface area contributed by atoms with Gasteiger partial charge < -0.3 is 10.2 Å². The van der Waals surface area contributed by atoms with Gasteiger partial charge in [0.2, 0.25) is 5.91 Å². The van der Waals surface area contributed by atoms with E-state index in [1.54, 1.807) is 23.1 Å². The van der Waals surface area contributed by atoms with E-state index in [1.165, 1.54) is 4.90 Å². The highest BCUT2D eigenvalue weighted by Crippen LogP contribution is 2.37. The van der Waals surface area contributed by atoms with Crippen LogP contribution in [0.25, 0.3) is 0 Å². The Labute approximate surface area is 157 Å². The van der Waals surface area contributed by atoms with Crippen molar-refractivity contribution in [2.24, 2.45) is 11.3 Å². The molecule has 1 spiro atoms. The van der Waals surface area contributed by atoms with Crippen LogP contribution in [0.2, 0.25) is 0 Å². The van der Waals surface area contributed by atoms with Crippen molar-refractivity contribution in [2.45, 2.75) is 26.7 Å². The molecule has 4 amide bonds. The third kappa shape index (κ3) is 2.91. The summed E-state index contributed by atoms with van der Waals surface area (Å²) in [6, 6.07) is 4.74. The molecule has 0 radical (unpaired) electrons. The average Bonchev–Trinajstić information content (AvgIpc) is 3.28. The van der Waals surface area contributed by atoms with Gasteiger partial charge in [-0.2, -0.15) is 0 Å². The number of nitrogens with zero attached hydrogens (tertiary/aromatic N) is 2. The lowest BCUT2D eigenvalue weighted by Gasteiger charge is -2.22. The van der Waals surface area contributed by atoms with Crippen molar-refractivity contribution in [3.05, 3.63) is 34.9 Å². The van der Waals surface area contributed by atoms with Gasteiger partial charge in [-0.3, -0.25) is 24.1 Å². The predicted molar refractivity (Wildman–Crippen MR) is 97.2 cm³/mol. The quantitative estimate of drug-likeness (QED) is 0.814. The minimum Gasteiger partial charge on any atom is -0.355 e. The van der Waals surface area contributed by atoms with Gasteiger partial charge in [-0.1, -0.05) is 13.8 Å². The van der Waals surface area contributed by atoms with Crippen molar-refractivity contribution < 1.29 is 19.2 Å². The molecule has 1 atom stereocenters. The Morgan fingerprint density at radius 1 is 1.19 bits per heavy atom. The van der Waals surface area contributed by atoms with Gasteiger partial charge in [0, 0.05) is 43.6 Å². The van der Waals surface area contributed by atoms with E-state index in [2.05, 4.69) is 5.32 Å². The van der Waals surface area contributed by atoms with Gasteiger partial charge in [0.05, 0.1) is 11.1 Å². The summed E-state index contributed by atoms with van der Waals surface area (Å²) < 4.78 is 0. The van der Waals surface area contributed by atoms with Crippen molar-refractivity contribution in [1.29, 1.82) is 0 Å². The van der Waals surface area contributed by atoms with E-state index in [4.69, 9.17) is 0 Å². The molecule has 3 heterocycles. The van der Waals surface area contributed by atoms with Gasteiger partial charge in [0.25, 0.3) is 17.7 Å². The van der Waals surface area contributed by atoms with Gasteiger partial charge in [-0.25, -0.2) is 0 Å². The fourth-order valence-corrected chi connectivity index (χ4v) is 4.29. The molecule has 27 heavy (non-hydrogen) atoms. The normalized spacial score (nSPS) is 24.3. The highest BCUT2D eigenvalue weighted by Gasteiger charge is 2.45. The lowest BCUT2D eigenvalue weighted by Crippen LogP contribution is -2.33. The predicted octanol–water partition coefficient (Wildman–Crippen LogP) is 1.29. The van der Waals surface area contributed by atoms with E-state index in [0.717, 1.165) is 6.42 Å². The van der Waals surface area contributed by atoms with Crippen molar-refractivity contribution >= 4 is 23.6 Å². The van der Waals surface area contributed by atoms with Crippen LogP contribution >= 0.6 is 0 Å². The standard InChI is InChI=1S/C20H23N3O4/c1-12(2)9-23-18(26)14-4-3-13(7-15(14)19(23)27)17(25)22-6-5-20(11-22)8-16(24)21-10-20/h3-4,7,12H,5-6,8-11H2,1-2H3,(H,21,24). The molecule has 0 aliphatic carbocycles. The molecule has 3 aliphatic heterocycles. The second-order valence-electron chi connectivity index (χ2n) is 8.31. The van der Waals surface area contributed by atoms with E-state index in [-0.39, 0.29) is 35.0 Å². The number of rotatable bonds is 3. The maximum Gasteiger partial charge on any atom is 0.261 e. The Hall–Kier alpha value is -2.70. The Kier molecular flexibility index (Phi) is 4.05. The van der Waals surface area contributed by atoms with Gasteiger partial charge in [0.15, 0.2) is 0 Å². The molecule has 0 bridgehead atoms.